The Labute approximate surface area is 204 Å². The van der Waals surface area contributed by atoms with Gasteiger partial charge in [-0.05, 0) is 30.0 Å². The molecule has 0 aliphatic heterocycles. The SMILES string of the molecule is CC(Cc1ccc(-c2ccccc2)cc1)NCc1cnc(-c2cnccn2)s1.O=C(O)C(F)(F)F. The van der Waals surface area contributed by atoms with Crippen LogP contribution in [0.5, 0.6) is 0 Å². The van der Waals surface area contributed by atoms with Crippen LogP contribution in [0.4, 0.5) is 13.2 Å². The van der Waals surface area contributed by atoms with Gasteiger partial charge in [-0.1, -0.05) is 54.6 Å². The molecule has 182 valence electrons. The minimum Gasteiger partial charge on any atom is -0.475 e. The Morgan fingerprint density at radius 3 is 2.26 bits per heavy atom. The van der Waals surface area contributed by atoms with Gasteiger partial charge in [0, 0.05) is 36.1 Å². The van der Waals surface area contributed by atoms with Crippen molar-refractivity contribution in [1.82, 2.24) is 20.3 Å². The van der Waals surface area contributed by atoms with E-state index in [-0.39, 0.29) is 0 Å². The van der Waals surface area contributed by atoms with Crippen molar-refractivity contribution in [3.63, 3.8) is 0 Å². The highest BCUT2D eigenvalue weighted by Crippen LogP contribution is 2.23. The zero-order chi connectivity index (χ0) is 25.3. The zero-order valence-electron chi connectivity index (χ0n) is 18.7. The second-order valence-electron chi connectivity index (χ2n) is 7.57. The van der Waals surface area contributed by atoms with Crippen LogP contribution in [0.15, 0.2) is 79.4 Å². The Balaban J connectivity index is 0.000000429. The molecule has 2 aromatic carbocycles. The molecule has 35 heavy (non-hydrogen) atoms. The molecule has 10 heteroatoms. The second kappa shape index (κ2) is 12.2. The molecule has 0 saturated heterocycles. The maximum atomic E-state index is 10.6. The lowest BCUT2D eigenvalue weighted by atomic mass is 10.0. The van der Waals surface area contributed by atoms with Gasteiger partial charge < -0.3 is 10.4 Å². The summed E-state index contributed by atoms with van der Waals surface area (Å²) in [5.74, 6) is -2.76. The average Bonchev–Trinajstić information content (AvgIpc) is 3.33. The number of benzene rings is 2. The first kappa shape index (κ1) is 26.0. The predicted molar refractivity (Wildman–Crippen MR) is 129 cm³/mol. The van der Waals surface area contributed by atoms with E-state index in [1.807, 2.05) is 12.3 Å². The smallest absolute Gasteiger partial charge is 0.475 e. The molecule has 2 heterocycles. The zero-order valence-corrected chi connectivity index (χ0v) is 19.6. The molecule has 4 aromatic rings. The number of carboxylic acid groups (broad SMARTS) is 1. The Hall–Kier alpha value is -3.63. The first-order chi connectivity index (χ1) is 16.7. The lowest BCUT2D eigenvalue weighted by Gasteiger charge is -2.13. The van der Waals surface area contributed by atoms with Gasteiger partial charge in [0.05, 0.1) is 6.20 Å². The number of rotatable bonds is 7. The number of alkyl halides is 3. The van der Waals surface area contributed by atoms with Gasteiger partial charge in [-0.15, -0.1) is 11.3 Å². The number of carbonyl (C=O) groups is 1. The van der Waals surface area contributed by atoms with Crippen molar-refractivity contribution in [2.75, 3.05) is 0 Å². The molecule has 0 aliphatic rings. The number of nitrogens with zero attached hydrogens (tertiary/aromatic N) is 3. The molecule has 0 radical (unpaired) electrons. The van der Waals surface area contributed by atoms with Crippen molar-refractivity contribution in [3.05, 3.63) is 89.8 Å². The number of hydrogen-bond donors (Lipinski definition) is 2. The van der Waals surface area contributed by atoms with Crippen LogP contribution in [-0.4, -0.2) is 38.2 Å². The summed E-state index contributed by atoms with van der Waals surface area (Å²) in [4.78, 5) is 23.0. The van der Waals surface area contributed by atoms with Gasteiger partial charge in [0.15, 0.2) is 0 Å². The summed E-state index contributed by atoms with van der Waals surface area (Å²) in [6.45, 7) is 3.02. The van der Waals surface area contributed by atoms with Gasteiger partial charge in [-0.25, -0.2) is 9.78 Å². The van der Waals surface area contributed by atoms with Gasteiger partial charge in [0.25, 0.3) is 0 Å². The summed E-state index contributed by atoms with van der Waals surface area (Å²) < 4.78 is 31.7. The van der Waals surface area contributed by atoms with E-state index in [9.17, 15) is 13.2 Å². The van der Waals surface area contributed by atoms with E-state index >= 15 is 0 Å². The van der Waals surface area contributed by atoms with Crippen LogP contribution in [0.25, 0.3) is 21.8 Å². The monoisotopic (exact) mass is 500 g/mol. The van der Waals surface area contributed by atoms with E-state index in [0.717, 1.165) is 23.7 Å². The summed E-state index contributed by atoms with van der Waals surface area (Å²) in [7, 11) is 0. The summed E-state index contributed by atoms with van der Waals surface area (Å²) in [6.07, 6.45) is 2.94. The standard InChI is InChI=1S/C23H22N4S.C2HF3O2/c1-17(13-18-7-9-20(10-8-18)19-5-3-2-4-6-19)26-14-21-15-27-23(28-21)22-16-24-11-12-25-22;3-2(4,5)1(6)7/h2-12,15-17,26H,13-14H2,1H3;(H,6,7). The minimum absolute atomic E-state index is 0.379. The maximum absolute atomic E-state index is 10.6. The molecule has 0 spiro atoms. The van der Waals surface area contributed by atoms with Crippen LogP contribution in [0.1, 0.15) is 17.4 Å². The predicted octanol–water partition coefficient (Wildman–Crippen LogP) is 5.62. The molecule has 0 bridgehead atoms. The van der Waals surface area contributed by atoms with Crippen molar-refractivity contribution in [2.45, 2.75) is 32.1 Å². The molecule has 0 aliphatic carbocycles. The maximum Gasteiger partial charge on any atom is 0.490 e. The van der Waals surface area contributed by atoms with Crippen LogP contribution in [0, 0.1) is 0 Å². The number of halogens is 3. The molecule has 6 nitrogen and oxygen atoms in total. The van der Waals surface area contributed by atoms with E-state index in [2.05, 4.69) is 75.7 Å². The number of thiazole rings is 1. The van der Waals surface area contributed by atoms with E-state index in [4.69, 9.17) is 9.90 Å². The first-order valence-electron chi connectivity index (χ1n) is 10.6. The van der Waals surface area contributed by atoms with E-state index < -0.39 is 12.1 Å². The summed E-state index contributed by atoms with van der Waals surface area (Å²) in [5, 5.41) is 11.6. The topological polar surface area (TPSA) is 88.0 Å². The molecule has 0 saturated carbocycles. The Morgan fingerprint density at radius 2 is 1.66 bits per heavy atom. The van der Waals surface area contributed by atoms with Crippen molar-refractivity contribution < 1.29 is 23.1 Å². The lowest BCUT2D eigenvalue weighted by Crippen LogP contribution is -2.27. The molecule has 1 unspecified atom stereocenters. The molecule has 0 fully saturated rings. The van der Waals surface area contributed by atoms with Gasteiger partial charge in [0.2, 0.25) is 0 Å². The Morgan fingerprint density at radius 1 is 1.00 bits per heavy atom. The quantitative estimate of drug-likeness (QED) is 0.342. The van der Waals surface area contributed by atoms with Crippen LogP contribution in [-0.2, 0) is 17.8 Å². The third-order valence-corrected chi connectivity index (χ3v) is 5.83. The lowest BCUT2D eigenvalue weighted by molar-refractivity contribution is -0.192. The molecule has 1 atom stereocenters. The molecule has 2 aromatic heterocycles. The molecule has 4 rings (SSSR count). The van der Waals surface area contributed by atoms with Gasteiger partial charge in [0.1, 0.15) is 10.7 Å². The highest BCUT2D eigenvalue weighted by atomic mass is 32.1. The van der Waals surface area contributed by atoms with Crippen molar-refractivity contribution in [3.8, 4) is 21.8 Å². The third kappa shape index (κ3) is 8.27. The number of hydrogen-bond acceptors (Lipinski definition) is 6. The molecule has 2 N–H and O–H groups in total. The minimum atomic E-state index is -5.08. The van der Waals surface area contributed by atoms with Crippen LogP contribution >= 0.6 is 11.3 Å². The molecular formula is C25H23F3N4O2S. The molecule has 0 amide bonds. The number of aromatic nitrogens is 3. The van der Waals surface area contributed by atoms with Gasteiger partial charge >= 0.3 is 12.1 Å². The largest absolute Gasteiger partial charge is 0.490 e. The number of nitrogens with one attached hydrogen (secondary N) is 1. The van der Waals surface area contributed by atoms with Crippen LogP contribution in [0.3, 0.4) is 0 Å². The van der Waals surface area contributed by atoms with Crippen molar-refractivity contribution in [2.24, 2.45) is 0 Å². The summed E-state index contributed by atoms with van der Waals surface area (Å²) >= 11 is 1.66. The molecular weight excluding hydrogens is 477 g/mol. The van der Waals surface area contributed by atoms with Crippen molar-refractivity contribution >= 4 is 17.3 Å². The first-order valence-corrected chi connectivity index (χ1v) is 11.4. The van der Waals surface area contributed by atoms with Gasteiger partial charge in [-0.2, -0.15) is 13.2 Å². The Bertz CT molecular complexity index is 1200. The fraction of sp³-hybridized carbons (Fsp3) is 0.200. The highest BCUT2D eigenvalue weighted by molar-refractivity contribution is 7.14. The normalized spacial score (nSPS) is 11.9. The summed E-state index contributed by atoms with van der Waals surface area (Å²) in [6, 6.07) is 19.7. The number of carboxylic acids is 1. The highest BCUT2D eigenvalue weighted by Gasteiger charge is 2.38. The van der Waals surface area contributed by atoms with Crippen molar-refractivity contribution in [1.29, 1.82) is 0 Å². The fourth-order valence-electron chi connectivity index (χ4n) is 3.08. The van der Waals surface area contributed by atoms with Crippen LogP contribution < -0.4 is 5.32 Å². The summed E-state index contributed by atoms with van der Waals surface area (Å²) in [5.41, 5.74) is 4.67. The van der Waals surface area contributed by atoms with Gasteiger partial charge in [-0.3, -0.25) is 9.97 Å². The van der Waals surface area contributed by atoms with E-state index in [1.165, 1.54) is 21.6 Å². The van der Waals surface area contributed by atoms with E-state index in [1.54, 1.807) is 29.9 Å². The second-order valence-corrected chi connectivity index (χ2v) is 8.69. The average molecular weight is 501 g/mol. The van der Waals surface area contributed by atoms with E-state index in [0.29, 0.717) is 6.04 Å². The fourth-order valence-corrected chi connectivity index (χ4v) is 3.91. The number of aliphatic carboxylic acids is 1. The third-order valence-electron chi connectivity index (χ3n) is 4.81. The Kier molecular flexibility index (Phi) is 9.04. The van der Waals surface area contributed by atoms with Crippen LogP contribution in [0.2, 0.25) is 0 Å².